The molecule has 2 fully saturated rings. The second-order valence-corrected chi connectivity index (χ2v) is 7.24. The molecule has 0 spiro atoms. The van der Waals surface area contributed by atoms with E-state index in [-0.39, 0.29) is 5.92 Å². The minimum atomic E-state index is 0.174. The maximum atomic E-state index is 12.9. The Labute approximate surface area is 145 Å². The Morgan fingerprint density at radius 2 is 2.00 bits per heavy atom. The summed E-state index contributed by atoms with van der Waals surface area (Å²) in [6.07, 6.45) is 7.16. The highest BCUT2D eigenvalue weighted by atomic mass is 16.2. The zero-order valence-corrected chi connectivity index (χ0v) is 15.0. The molecular weight excluding hydrogens is 300 g/mol. The second kappa shape index (κ2) is 7.97. The molecule has 2 aliphatic heterocycles. The lowest BCUT2D eigenvalue weighted by Crippen LogP contribution is -2.45. The number of hydrogen-bond acceptors (Lipinski definition) is 4. The highest BCUT2D eigenvalue weighted by Crippen LogP contribution is 2.25. The predicted octanol–water partition coefficient (Wildman–Crippen LogP) is 2.21. The van der Waals surface area contributed by atoms with E-state index in [0.717, 1.165) is 57.7 Å². The molecule has 1 N–H and O–H groups in total. The van der Waals surface area contributed by atoms with Crippen molar-refractivity contribution in [3.05, 3.63) is 23.9 Å². The quantitative estimate of drug-likeness (QED) is 0.923. The van der Waals surface area contributed by atoms with E-state index in [1.54, 1.807) is 0 Å². The lowest BCUT2D eigenvalue weighted by atomic mass is 9.94. The van der Waals surface area contributed by atoms with Gasteiger partial charge in [0.15, 0.2) is 0 Å². The van der Waals surface area contributed by atoms with Crippen molar-refractivity contribution in [2.45, 2.75) is 45.1 Å². The molecule has 24 heavy (non-hydrogen) atoms. The van der Waals surface area contributed by atoms with Crippen LogP contribution in [0, 0.1) is 12.8 Å². The number of nitrogens with zero attached hydrogens (tertiary/aromatic N) is 3. The van der Waals surface area contributed by atoms with Gasteiger partial charge in [-0.25, -0.2) is 4.98 Å². The summed E-state index contributed by atoms with van der Waals surface area (Å²) in [6, 6.07) is 4.60. The van der Waals surface area contributed by atoms with E-state index in [1.165, 1.54) is 12.0 Å². The lowest BCUT2D eigenvalue weighted by molar-refractivity contribution is -0.137. The van der Waals surface area contributed by atoms with E-state index in [4.69, 9.17) is 0 Å². The Morgan fingerprint density at radius 3 is 2.71 bits per heavy atom. The van der Waals surface area contributed by atoms with Gasteiger partial charge in [0.25, 0.3) is 0 Å². The summed E-state index contributed by atoms with van der Waals surface area (Å²) in [5.41, 5.74) is 1.18. The fraction of sp³-hybridized carbons (Fsp3) is 0.684. The molecule has 3 heterocycles. The van der Waals surface area contributed by atoms with Crippen molar-refractivity contribution in [3.63, 3.8) is 0 Å². The molecule has 2 saturated heterocycles. The summed E-state index contributed by atoms with van der Waals surface area (Å²) >= 11 is 0. The largest absolute Gasteiger partial charge is 0.357 e. The van der Waals surface area contributed by atoms with Crippen molar-refractivity contribution in [1.82, 2.24) is 15.2 Å². The lowest BCUT2D eigenvalue weighted by Gasteiger charge is -2.36. The Hall–Kier alpha value is -1.62. The number of nitrogens with one attached hydrogen (secondary N) is 1. The second-order valence-electron chi connectivity index (χ2n) is 7.24. The van der Waals surface area contributed by atoms with Crippen LogP contribution in [0.3, 0.4) is 0 Å². The van der Waals surface area contributed by atoms with Crippen LogP contribution in [-0.4, -0.2) is 55.1 Å². The standard InChI is InChI=1S/C19H30N4O/c1-15-5-6-18(21-14-15)23-12-8-16(9-13-23)19(24)22(2)17-4-3-10-20-11-7-17/h5-6,14,16-17,20H,3-4,7-13H2,1-2H3. The van der Waals surface area contributed by atoms with E-state index in [1.807, 2.05) is 18.1 Å². The van der Waals surface area contributed by atoms with Crippen molar-refractivity contribution in [1.29, 1.82) is 0 Å². The molecule has 3 rings (SSSR count). The van der Waals surface area contributed by atoms with E-state index in [2.05, 4.69) is 34.3 Å². The third-order valence-corrected chi connectivity index (χ3v) is 5.50. The number of hydrogen-bond donors (Lipinski definition) is 1. The Morgan fingerprint density at radius 1 is 1.21 bits per heavy atom. The van der Waals surface area contributed by atoms with Gasteiger partial charge >= 0.3 is 0 Å². The number of amides is 1. The molecule has 1 aromatic rings. The first-order valence-corrected chi connectivity index (χ1v) is 9.30. The minimum Gasteiger partial charge on any atom is -0.357 e. The predicted molar refractivity (Wildman–Crippen MR) is 97.2 cm³/mol. The van der Waals surface area contributed by atoms with Crippen molar-refractivity contribution < 1.29 is 4.79 Å². The van der Waals surface area contributed by atoms with Gasteiger partial charge in [0, 0.05) is 38.3 Å². The average Bonchev–Trinajstić information content (AvgIpc) is 2.91. The van der Waals surface area contributed by atoms with Crippen molar-refractivity contribution in [2.75, 3.05) is 38.1 Å². The van der Waals surface area contributed by atoms with Gasteiger partial charge in [0.1, 0.15) is 5.82 Å². The number of anilines is 1. The van der Waals surface area contributed by atoms with E-state index in [0.29, 0.717) is 11.9 Å². The first-order valence-electron chi connectivity index (χ1n) is 9.30. The fourth-order valence-corrected chi connectivity index (χ4v) is 3.86. The van der Waals surface area contributed by atoms with E-state index in [9.17, 15) is 4.79 Å². The molecule has 132 valence electrons. The summed E-state index contributed by atoms with van der Waals surface area (Å²) in [4.78, 5) is 21.7. The number of piperidine rings is 1. The van der Waals surface area contributed by atoms with Crippen LogP contribution < -0.4 is 10.2 Å². The van der Waals surface area contributed by atoms with Gasteiger partial charge < -0.3 is 15.1 Å². The number of rotatable bonds is 3. The van der Waals surface area contributed by atoms with Crippen molar-refractivity contribution in [3.8, 4) is 0 Å². The average molecular weight is 330 g/mol. The van der Waals surface area contributed by atoms with E-state index < -0.39 is 0 Å². The highest BCUT2D eigenvalue weighted by Gasteiger charge is 2.30. The van der Waals surface area contributed by atoms with Crippen LogP contribution in [0.15, 0.2) is 18.3 Å². The van der Waals surface area contributed by atoms with Crippen LogP contribution in [0.25, 0.3) is 0 Å². The number of carbonyl (C=O) groups is 1. The summed E-state index contributed by atoms with van der Waals surface area (Å²) in [6.45, 7) is 6.01. The molecule has 0 saturated carbocycles. The molecule has 1 aromatic heterocycles. The summed E-state index contributed by atoms with van der Waals surface area (Å²) in [5.74, 6) is 1.56. The normalized spacial score (nSPS) is 22.9. The Bertz CT molecular complexity index is 529. The van der Waals surface area contributed by atoms with Crippen LogP contribution in [-0.2, 0) is 4.79 Å². The number of pyridine rings is 1. The zero-order valence-electron chi connectivity index (χ0n) is 15.0. The van der Waals surface area contributed by atoms with Gasteiger partial charge in [-0.05, 0) is 63.7 Å². The van der Waals surface area contributed by atoms with Crippen molar-refractivity contribution in [2.24, 2.45) is 5.92 Å². The number of aryl methyl sites for hydroxylation is 1. The van der Waals surface area contributed by atoms with Crippen molar-refractivity contribution >= 4 is 11.7 Å². The van der Waals surface area contributed by atoms with Crippen LogP contribution in [0.1, 0.15) is 37.7 Å². The number of aromatic nitrogens is 1. The molecule has 5 nitrogen and oxygen atoms in total. The first kappa shape index (κ1) is 17.2. The smallest absolute Gasteiger partial charge is 0.225 e. The number of carbonyl (C=O) groups excluding carboxylic acids is 1. The van der Waals surface area contributed by atoms with Gasteiger partial charge in [0.05, 0.1) is 0 Å². The molecule has 0 aromatic carbocycles. The van der Waals surface area contributed by atoms with E-state index >= 15 is 0 Å². The molecule has 2 aliphatic rings. The molecule has 0 aliphatic carbocycles. The van der Waals surface area contributed by atoms with Crippen LogP contribution >= 0.6 is 0 Å². The summed E-state index contributed by atoms with van der Waals surface area (Å²) in [7, 11) is 2.01. The molecule has 5 heteroatoms. The molecule has 0 radical (unpaired) electrons. The summed E-state index contributed by atoms with van der Waals surface area (Å²) < 4.78 is 0. The Kier molecular flexibility index (Phi) is 5.72. The maximum Gasteiger partial charge on any atom is 0.225 e. The van der Waals surface area contributed by atoms with Crippen LogP contribution in [0.2, 0.25) is 0 Å². The first-order chi connectivity index (χ1) is 11.6. The molecule has 1 unspecified atom stereocenters. The molecule has 1 atom stereocenters. The minimum absolute atomic E-state index is 0.174. The van der Waals surface area contributed by atoms with Gasteiger partial charge in [-0.1, -0.05) is 6.07 Å². The van der Waals surface area contributed by atoms with Gasteiger partial charge in [0.2, 0.25) is 5.91 Å². The fourth-order valence-electron chi connectivity index (χ4n) is 3.86. The molecule has 0 bridgehead atoms. The third kappa shape index (κ3) is 4.07. The monoisotopic (exact) mass is 330 g/mol. The maximum absolute atomic E-state index is 12.9. The van der Waals surface area contributed by atoms with Gasteiger partial charge in [-0.2, -0.15) is 0 Å². The van der Waals surface area contributed by atoms with Gasteiger partial charge in [-0.3, -0.25) is 4.79 Å². The molecule has 1 amide bonds. The van der Waals surface area contributed by atoms with Gasteiger partial charge in [-0.15, -0.1) is 0 Å². The van der Waals surface area contributed by atoms with Crippen LogP contribution in [0.4, 0.5) is 5.82 Å². The third-order valence-electron chi connectivity index (χ3n) is 5.50. The topological polar surface area (TPSA) is 48.5 Å². The Balaban J connectivity index is 1.53. The molecular formula is C19H30N4O. The SMILES string of the molecule is Cc1ccc(N2CCC(C(=O)N(C)C3CCCNCC3)CC2)nc1. The summed E-state index contributed by atoms with van der Waals surface area (Å²) in [5, 5.41) is 3.43. The van der Waals surface area contributed by atoms with Crippen LogP contribution in [0.5, 0.6) is 0 Å². The highest BCUT2D eigenvalue weighted by molar-refractivity contribution is 5.79. The zero-order chi connectivity index (χ0) is 16.9.